The van der Waals surface area contributed by atoms with Crippen molar-refractivity contribution in [3.8, 4) is 0 Å². The summed E-state index contributed by atoms with van der Waals surface area (Å²) in [5, 5.41) is 13.9. The van der Waals surface area contributed by atoms with E-state index >= 15 is 0 Å². The van der Waals surface area contributed by atoms with Crippen LogP contribution >= 0.6 is 0 Å². The van der Waals surface area contributed by atoms with Crippen LogP contribution in [0.5, 0.6) is 0 Å². The lowest BCUT2D eigenvalue weighted by atomic mass is 10.1. The molecular formula is C13H24N2O5. The van der Waals surface area contributed by atoms with Crippen LogP contribution in [0.2, 0.25) is 0 Å². The van der Waals surface area contributed by atoms with Gasteiger partial charge in [0, 0.05) is 13.0 Å². The summed E-state index contributed by atoms with van der Waals surface area (Å²) in [4.78, 5) is 33.4. The van der Waals surface area contributed by atoms with E-state index in [1.807, 2.05) is 0 Å². The van der Waals surface area contributed by atoms with E-state index in [1.165, 1.54) is 7.11 Å². The molecule has 0 aliphatic heterocycles. The molecule has 3 N–H and O–H groups in total. The van der Waals surface area contributed by atoms with Gasteiger partial charge in [0.1, 0.15) is 6.04 Å². The number of aliphatic carboxylic acids is 1. The van der Waals surface area contributed by atoms with Gasteiger partial charge in [-0.15, -0.1) is 0 Å². The molecule has 20 heavy (non-hydrogen) atoms. The monoisotopic (exact) mass is 288 g/mol. The lowest BCUT2D eigenvalue weighted by Gasteiger charge is -2.14. The van der Waals surface area contributed by atoms with Crippen LogP contribution in [0.4, 0.5) is 4.79 Å². The number of amides is 2. The lowest BCUT2D eigenvalue weighted by molar-refractivity contribution is -0.142. The van der Waals surface area contributed by atoms with Crippen molar-refractivity contribution in [2.75, 3.05) is 13.7 Å². The fraction of sp³-hybridized carbons (Fsp3) is 0.769. The van der Waals surface area contributed by atoms with Crippen molar-refractivity contribution in [2.24, 2.45) is 5.92 Å². The van der Waals surface area contributed by atoms with Gasteiger partial charge < -0.3 is 20.5 Å². The summed E-state index contributed by atoms with van der Waals surface area (Å²) < 4.78 is 4.43. The lowest BCUT2D eigenvalue weighted by Crippen LogP contribution is -2.46. The number of ether oxygens (including phenoxy) is 1. The Morgan fingerprint density at radius 1 is 1.20 bits per heavy atom. The summed E-state index contributed by atoms with van der Waals surface area (Å²) in [5.41, 5.74) is 0. The Bertz CT molecular complexity index is 331. The zero-order valence-electron chi connectivity index (χ0n) is 12.3. The summed E-state index contributed by atoms with van der Waals surface area (Å²) in [7, 11) is 1.23. The summed E-state index contributed by atoms with van der Waals surface area (Å²) in [6.07, 6.45) is 1.78. The average molecular weight is 288 g/mol. The largest absolute Gasteiger partial charge is 0.480 e. The van der Waals surface area contributed by atoms with Gasteiger partial charge in [0.25, 0.3) is 0 Å². The van der Waals surface area contributed by atoms with Gasteiger partial charge in [-0.1, -0.05) is 13.8 Å². The van der Waals surface area contributed by atoms with Gasteiger partial charge in [0.05, 0.1) is 7.11 Å². The first kappa shape index (κ1) is 18.2. The molecule has 0 aromatic rings. The molecule has 0 heterocycles. The third-order valence-corrected chi connectivity index (χ3v) is 2.71. The second-order valence-corrected chi connectivity index (χ2v) is 4.94. The Labute approximate surface area is 119 Å². The Hall–Kier alpha value is -1.79. The van der Waals surface area contributed by atoms with E-state index in [4.69, 9.17) is 5.11 Å². The maximum atomic E-state index is 11.5. The molecule has 0 rings (SSSR count). The van der Waals surface area contributed by atoms with Crippen LogP contribution < -0.4 is 10.6 Å². The van der Waals surface area contributed by atoms with Crippen molar-refractivity contribution in [2.45, 2.75) is 45.6 Å². The third-order valence-electron chi connectivity index (χ3n) is 2.71. The smallest absolute Gasteiger partial charge is 0.326 e. The van der Waals surface area contributed by atoms with E-state index in [-0.39, 0.29) is 12.8 Å². The molecule has 7 nitrogen and oxygen atoms in total. The van der Waals surface area contributed by atoms with Gasteiger partial charge in [0.15, 0.2) is 0 Å². The highest BCUT2D eigenvalue weighted by Gasteiger charge is 2.20. The molecule has 0 aliphatic rings. The highest BCUT2D eigenvalue weighted by atomic mass is 16.5. The molecule has 0 unspecified atom stereocenters. The number of carbonyl (C=O) groups is 3. The quantitative estimate of drug-likeness (QED) is 0.436. The van der Waals surface area contributed by atoms with E-state index in [2.05, 4.69) is 29.2 Å². The van der Waals surface area contributed by atoms with Crippen LogP contribution in [0.3, 0.4) is 0 Å². The van der Waals surface area contributed by atoms with Crippen LogP contribution in [-0.2, 0) is 14.3 Å². The van der Waals surface area contributed by atoms with Gasteiger partial charge in [0.2, 0.25) is 0 Å². The number of carboxylic acids is 1. The molecule has 0 bridgehead atoms. The number of carboxylic acid groups (broad SMARTS) is 1. The maximum Gasteiger partial charge on any atom is 0.326 e. The van der Waals surface area contributed by atoms with Crippen LogP contribution in [0.15, 0.2) is 0 Å². The summed E-state index contributed by atoms with van der Waals surface area (Å²) in [5.74, 6) is -1.12. The second kappa shape index (κ2) is 10.1. The van der Waals surface area contributed by atoms with Crippen molar-refractivity contribution in [3.63, 3.8) is 0 Å². The number of urea groups is 1. The van der Waals surface area contributed by atoms with Gasteiger partial charge in [-0.25, -0.2) is 9.59 Å². The molecule has 116 valence electrons. The fourth-order valence-electron chi connectivity index (χ4n) is 1.54. The Balaban J connectivity index is 4.02. The topological polar surface area (TPSA) is 105 Å². The molecule has 0 saturated carbocycles. The van der Waals surface area contributed by atoms with Gasteiger partial charge in [-0.05, 0) is 25.2 Å². The number of esters is 1. The fourth-order valence-corrected chi connectivity index (χ4v) is 1.54. The van der Waals surface area contributed by atoms with E-state index in [0.29, 0.717) is 12.5 Å². The minimum Gasteiger partial charge on any atom is -0.480 e. The molecular weight excluding hydrogens is 264 g/mol. The number of carbonyl (C=O) groups excluding carboxylic acids is 2. The SMILES string of the molecule is COC(=O)CC[C@@H](NC(=O)NCCCC(C)C)C(=O)O. The number of nitrogens with one attached hydrogen (secondary N) is 2. The molecule has 0 aliphatic carbocycles. The highest BCUT2D eigenvalue weighted by Crippen LogP contribution is 2.02. The standard InChI is InChI=1S/C13H24N2O5/c1-9(2)5-4-8-14-13(19)15-10(12(17)18)6-7-11(16)20-3/h9-10H,4-8H2,1-3H3,(H,17,18)(H2,14,15,19)/t10-/m1/s1. The first-order chi connectivity index (χ1) is 9.36. The molecule has 7 heteroatoms. The Morgan fingerprint density at radius 2 is 1.85 bits per heavy atom. The second-order valence-electron chi connectivity index (χ2n) is 4.94. The number of methoxy groups -OCH3 is 1. The molecule has 0 aromatic heterocycles. The van der Waals surface area contributed by atoms with Crippen molar-refractivity contribution >= 4 is 18.0 Å². The molecule has 0 fully saturated rings. The summed E-state index contributed by atoms with van der Waals surface area (Å²) in [6.45, 7) is 4.67. The van der Waals surface area contributed by atoms with Crippen molar-refractivity contribution in [3.05, 3.63) is 0 Å². The van der Waals surface area contributed by atoms with Crippen LogP contribution in [-0.4, -0.2) is 42.8 Å². The molecule has 0 spiro atoms. The van der Waals surface area contributed by atoms with Crippen LogP contribution in [0.25, 0.3) is 0 Å². The summed E-state index contributed by atoms with van der Waals surface area (Å²) in [6, 6.07) is -1.63. The van der Waals surface area contributed by atoms with Crippen molar-refractivity contribution < 1.29 is 24.2 Å². The molecule has 0 radical (unpaired) electrons. The zero-order chi connectivity index (χ0) is 15.5. The van der Waals surface area contributed by atoms with Crippen molar-refractivity contribution in [1.29, 1.82) is 0 Å². The summed E-state index contributed by atoms with van der Waals surface area (Å²) >= 11 is 0. The number of hydrogen-bond donors (Lipinski definition) is 3. The number of rotatable bonds is 9. The van der Waals surface area contributed by atoms with E-state index < -0.39 is 24.0 Å². The van der Waals surface area contributed by atoms with E-state index in [9.17, 15) is 14.4 Å². The normalized spacial score (nSPS) is 11.8. The first-order valence-corrected chi connectivity index (χ1v) is 6.70. The van der Waals surface area contributed by atoms with Gasteiger partial charge in [-0.3, -0.25) is 4.79 Å². The zero-order valence-corrected chi connectivity index (χ0v) is 12.3. The van der Waals surface area contributed by atoms with Crippen molar-refractivity contribution in [1.82, 2.24) is 10.6 Å². The molecule has 0 saturated heterocycles. The minimum absolute atomic E-state index is 0.00141. The third kappa shape index (κ3) is 9.18. The van der Waals surface area contributed by atoms with Gasteiger partial charge >= 0.3 is 18.0 Å². The van der Waals surface area contributed by atoms with Crippen LogP contribution in [0, 0.1) is 5.92 Å². The van der Waals surface area contributed by atoms with Gasteiger partial charge in [-0.2, -0.15) is 0 Å². The van der Waals surface area contributed by atoms with Crippen LogP contribution in [0.1, 0.15) is 39.5 Å². The Morgan fingerprint density at radius 3 is 2.35 bits per heavy atom. The highest BCUT2D eigenvalue weighted by molar-refractivity contribution is 5.83. The predicted octanol–water partition coefficient (Wildman–Crippen LogP) is 1.13. The molecule has 0 aromatic carbocycles. The molecule has 1 atom stereocenters. The average Bonchev–Trinajstić information content (AvgIpc) is 2.38. The van der Waals surface area contributed by atoms with E-state index in [0.717, 1.165) is 12.8 Å². The Kier molecular flexibility index (Phi) is 9.15. The number of hydrogen-bond acceptors (Lipinski definition) is 4. The first-order valence-electron chi connectivity index (χ1n) is 6.70. The predicted molar refractivity (Wildman–Crippen MR) is 73.3 cm³/mol. The molecule has 2 amide bonds. The van der Waals surface area contributed by atoms with E-state index in [1.54, 1.807) is 0 Å². The maximum absolute atomic E-state index is 11.5. The minimum atomic E-state index is -1.17.